The Bertz CT molecular complexity index is 670. The molecular formula is C17H20ClN3O3S. The lowest BCUT2D eigenvalue weighted by molar-refractivity contribution is -0.148. The number of thiazole rings is 1. The van der Waals surface area contributed by atoms with Crippen molar-refractivity contribution >= 4 is 40.1 Å². The highest BCUT2D eigenvalue weighted by Gasteiger charge is 2.41. The van der Waals surface area contributed by atoms with Crippen LogP contribution in [0.5, 0.6) is 0 Å². The van der Waals surface area contributed by atoms with Crippen molar-refractivity contribution in [2.24, 2.45) is 0 Å². The van der Waals surface area contributed by atoms with Gasteiger partial charge in [0.15, 0.2) is 5.13 Å². The van der Waals surface area contributed by atoms with E-state index in [1.165, 1.54) is 22.4 Å². The predicted molar refractivity (Wildman–Crippen MR) is 98.6 cm³/mol. The van der Waals surface area contributed by atoms with Gasteiger partial charge in [-0.1, -0.05) is 29.0 Å². The second kappa shape index (κ2) is 9.44. The van der Waals surface area contributed by atoms with Crippen LogP contribution in [0.25, 0.3) is 0 Å². The number of aromatic nitrogens is 1. The minimum absolute atomic E-state index is 0.257. The number of anilines is 1. The summed E-state index contributed by atoms with van der Waals surface area (Å²) in [5.74, 6) is 2.20. The van der Waals surface area contributed by atoms with E-state index in [1.54, 1.807) is 11.0 Å². The second-order valence-corrected chi connectivity index (χ2v) is 7.12. The van der Waals surface area contributed by atoms with Crippen molar-refractivity contribution in [3.63, 3.8) is 0 Å². The molecule has 0 spiro atoms. The van der Waals surface area contributed by atoms with Crippen molar-refractivity contribution in [2.75, 3.05) is 18.0 Å². The molecule has 1 fully saturated rings. The summed E-state index contributed by atoms with van der Waals surface area (Å²) in [6.07, 6.45) is 10.7. The van der Waals surface area contributed by atoms with E-state index < -0.39 is 6.23 Å². The number of halogens is 1. The smallest absolute Gasteiger partial charge is 0.329 e. The number of ether oxygens (including phenoxy) is 1. The zero-order chi connectivity index (χ0) is 18.2. The van der Waals surface area contributed by atoms with Gasteiger partial charge in [-0.15, -0.1) is 18.9 Å². The number of rotatable bonds is 9. The van der Waals surface area contributed by atoms with E-state index >= 15 is 0 Å². The first kappa shape index (κ1) is 19.3. The molecule has 1 atom stereocenters. The molecule has 2 amide bonds. The van der Waals surface area contributed by atoms with Gasteiger partial charge in [-0.25, -0.2) is 14.7 Å². The Morgan fingerprint density at radius 2 is 2.40 bits per heavy atom. The minimum Gasteiger partial charge on any atom is -0.439 e. The van der Waals surface area contributed by atoms with Crippen LogP contribution in [0.3, 0.4) is 0 Å². The molecule has 0 aromatic carbocycles. The maximum atomic E-state index is 12.7. The van der Waals surface area contributed by atoms with E-state index in [0.29, 0.717) is 35.3 Å². The monoisotopic (exact) mass is 381 g/mol. The molecule has 1 unspecified atom stereocenters. The number of hydrogen-bond donors (Lipinski definition) is 0. The summed E-state index contributed by atoms with van der Waals surface area (Å²) in [6.45, 7) is 4.41. The molecule has 0 N–H and O–H groups in total. The van der Waals surface area contributed by atoms with Crippen LogP contribution in [-0.2, 0) is 9.53 Å². The van der Waals surface area contributed by atoms with Gasteiger partial charge in [0.1, 0.15) is 4.34 Å². The maximum Gasteiger partial charge on any atom is 0.329 e. The maximum absolute atomic E-state index is 12.7. The lowest BCUT2D eigenvalue weighted by atomic mass is 10.2. The van der Waals surface area contributed by atoms with Gasteiger partial charge in [0, 0.05) is 19.4 Å². The van der Waals surface area contributed by atoms with E-state index in [1.807, 2.05) is 0 Å². The van der Waals surface area contributed by atoms with Crippen molar-refractivity contribution in [2.45, 2.75) is 38.3 Å². The van der Waals surface area contributed by atoms with Crippen molar-refractivity contribution in [3.8, 4) is 12.3 Å². The van der Waals surface area contributed by atoms with Crippen molar-refractivity contribution < 1.29 is 14.3 Å². The number of amides is 2. The van der Waals surface area contributed by atoms with E-state index in [2.05, 4.69) is 17.5 Å². The number of esters is 1. The molecule has 2 rings (SSSR count). The topological polar surface area (TPSA) is 62.7 Å². The molecule has 1 saturated heterocycles. The SMILES string of the molecule is C#CCCCN1CC(OC(=O)CCCC=C)N(c2ncc(Cl)s2)C1=O. The zero-order valence-electron chi connectivity index (χ0n) is 13.8. The predicted octanol–water partition coefficient (Wildman–Crippen LogP) is 3.68. The largest absolute Gasteiger partial charge is 0.439 e. The van der Waals surface area contributed by atoms with Gasteiger partial charge in [0.2, 0.25) is 6.23 Å². The molecule has 6 nitrogen and oxygen atoms in total. The van der Waals surface area contributed by atoms with Gasteiger partial charge < -0.3 is 9.64 Å². The highest BCUT2D eigenvalue weighted by Crippen LogP contribution is 2.32. The number of nitrogens with zero attached hydrogens (tertiary/aromatic N) is 3. The lowest BCUT2D eigenvalue weighted by Crippen LogP contribution is -2.37. The number of allylic oxidation sites excluding steroid dienone is 1. The van der Waals surface area contributed by atoms with E-state index in [4.69, 9.17) is 22.8 Å². The lowest BCUT2D eigenvalue weighted by Gasteiger charge is -2.20. The van der Waals surface area contributed by atoms with Gasteiger partial charge in [0.05, 0.1) is 12.7 Å². The van der Waals surface area contributed by atoms with Crippen LogP contribution in [-0.4, -0.2) is 41.2 Å². The summed E-state index contributed by atoms with van der Waals surface area (Å²) in [4.78, 5) is 31.9. The van der Waals surface area contributed by atoms with Crippen LogP contribution in [0.15, 0.2) is 18.9 Å². The van der Waals surface area contributed by atoms with Crippen LogP contribution in [0.4, 0.5) is 9.93 Å². The normalized spacial score (nSPS) is 16.8. The first-order valence-corrected chi connectivity index (χ1v) is 9.19. The zero-order valence-corrected chi connectivity index (χ0v) is 15.4. The Hall–Kier alpha value is -2.04. The molecule has 25 heavy (non-hydrogen) atoms. The fourth-order valence-electron chi connectivity index (χ4n) is 2.44. The third-order valence-electron chi connectivity index (χ3n) is 3.62. The molecule has 1 aromatic heterocycles. The van der Waals surface area contributed by atoms with E-state index in [0.717, 1.165) is 6.42 Å². The van der Waals surface area contributed by atoms with Crippen LogP contribution in [0, 0.1) is 12.3 Å². The van der Waals surface area contributed by atoms with Crippen LogP contribution < -0.4 is 4.90 Å². The van der Waals surface area contributed by atoms with Crippen LogP contribution in [0.1, 0.15) is 32.1 Å². The van der Waals surface area contributed by atoms with Gasteiger partial charge in [-0.2, -0.15) is 0 Å². The molecule has 1 aliphatic rings. The quantitative estimate of drug-likeness (QED) is 0.283. The number of unbranched alkanes of at least 4 members (excludes halogenated alkanes) is 2. The van der Waals surface area contributed by atoms with Gasteiger partial charge in [-0.05, 0) is 19.3 Å². The number of hydrogen-bond acceptors (Lipinski definition) is 5. The fourth-order valence-corrected chi connectivity index (χ4v) is 3.37. The summed E-state index contributed by atoms with van der Waals surface area (Å²) in [7, 11) is 0. The highest BCUT2D eigenvalue weighted by atomic mass is 35.5. The number of carbonyl (C=O) groups excluding carboxylic acids is 2. The minimum atomic E-state index is -0.711. The molecule has 2 heterocycles. The van der Waals surface area contributed by atoms with Crippen molar-refractivity contribution in [3.05, 3.63) is 23.2 Å². The summed E-state index contributed by atoms with van der Waals surface area (Å²) >= 11 is 7.10. The first-order chi connectivity index (χ1) is 12.1. The fraction of sp³-hybridized carbons (Fsp3) is 0.471. The summed E-state index contributed by atoms with van der Waals surface area (Å²) in [6, 6.07) is -0.257. The molecule has 8 heteroatoms. The van der Waals surface area contributed by atoms with E-state index in [-0.39, 0.29) is 25.0 Å². The van der Waals surface area contributed by atoms with Crippen LogP contribution >= 0.6 is 22.9 Å². The van der Waals surface area contributed by atoms with E-state index in [9.17, 15) is 9.59 Å². The molecule has 1 aromatic rings. The number of carbonyl (C=O) groups is 2. The number of urea groups is 1. The third-order valence-corrected chi connectivity index (χ3v) is 4.73. The molecule has 0 bridgehead atoms. The Morgan fingerprint density at radius 3 is 3.04 bits per heavy atom. The third kappa shape index (κ3) is 5.21. The summed E-state index contributed by atoms with van der Waals surface area (Å²) < 4.78 is 5.98. The molecule has 134 valence electrons. The molecule has 1 aliphatic heterocycles. The first-order valence-electron chi connectivity index (χ1n) is 8.00. The molecule has 0 saturated carbocycles. The average Bonchev–Trinajstić information content (AvgIpc) is 3.12. The van der Waals surface area contributed by atoms with Gasteiger partial charge >= 0.3 is 12.0 Å². The van der Waals surface area contributed by atoms with Crippen molar-refractivity contribution in [1.82, 2.24) is 9.88 Å². The Kier molecular flexibility index (Phi) is 7.29. The molecule has 0 radical (unpaired) electrons. The standard InChI is InChI=1S/C17H20ClN3O3S/c1-3-5-7-9-15(22)24-14-12-20(10-8-6-4-2)17(23)21(14)16-19-11-13(18)25-16/h2-3,11,14H,1,5-10,12H2. The van der Waals surface area contributed by atoms with Gasteiger partial charge in [0.25, 0.3) is 0 Å². The highest BCUT2D eigenvalue weighted by molar-refractivity contribution is 7.19. The molecule has 0 aliphatic carbocycles. The summed E-state index contributed by atoms with van der Waals surface area (Å²) in [5, 5.41) is 0.415. The van der Waals surface area contributed by atoms with Gasteiger partial charge in [-0.3, -0.25) is 4.79 Å². The number of terminal acetylenes is 1. The molecular weight excluding hydrogens is 362 g/mol. The van der Waals surface area contributed by atoms with Crippen molar-refractivity contribution in [1.29, 1.82) is 0 Å². The Morgan fingerprint density at radius 1 is 1.60 bits per heavy atom. The summed E-state index contributed by atoms with van der Waals surface area (Å²) in [5.41, 5.74) is 0. The average molecular weight is 382 g/mol. The van der Waals surface area contributed by atoms with Crippen LogP contribution in [0.2, 0.25) is 4.34 Å². The second-order valence-electron chi connectivity index (χ2n) is 5.48. The Balaban J connectivity index is 2.07. The Labute approximate surface area is 156 Å².